The zero-order valence-corrected chi connectivity index (χ0v) is 18.6. The van der Waals surface area contributed by atoms with Crippen molar-refractivity contribution in [2.45, 2.75) is 0 Å². The molecule has 2 aromatic heterocycles. The maximum absolute atomic E-state index is 6.26. The van der Waals surface area contributed by atoms with E-state index in [2.05, 4.69) is 107 Å². The van der Waals surface area contributed by atoms with Crippen LogP contribution in [-0.2, 0) is 7.05 Å². The molecule has 0 saturated carbocycles. The van der Waals surface area contributed by atoms with Gasteiger partial charge in [-0.1, -0.05) is 60.7 Å². The summed E-state index contributed by atoms with van der Waals surface area (Å²) >= 11 is 0. The SMILES string of the molecule is Cn1c2ccccc2c2cc(-c3ccc4c5cccc6c5n(c4c3)-c3ccccc3O6)ccc21. The molecule has 5 aromatic carbocycles. The molecule has 8 rings (SSSR count). The van der Waals surface area contributed by atoms with Gasteiger partial charge in [-0.25, -0.2) is 0 Å². The number of nitrogens with zero attached hydrogens (tertiary/aromatic N) is 2. The monoisotopic (exact) mass is 436 g/mol. The van der Waals surface area contributed by atoms with Gasteiger partial charge in [-0.05, 0) is 53.6 Å². The molecule has 0 spiro atoms. The number of aryl methyl sites for hydroxylation is 1. The van der Waals surface area contributed by atoms with Crippen LogP contribution in [0.25, 0.3) is 60.4 Å². The van der Waals surface area contributed by atoms with Crippen molar-refractivity contribution < 1.29 is 4.74 Å². The first kappa shape index (κ1) is 18.0. The Bertz CT molecular complexity index is 1950. The Balaban J connectivity index is 1.43. The summed E-state index contributed by atoms with van der Waals surface area (Å²) in [6.45, 7) is 0. The molecule has 0 unspecified atom stereocenters. The van der Waals surface area contributed by atoms with E-state index in [1.807, 2.05) is 12.1 Å². The van der Waals surface area contributed by atoms with Crippen molar-refractivity contribution in [1.29, 1.82) is 0 Å². The van der Waals surface area contributed by atoms with Crippen LogP contribution in [0.1, 0.15) is 0 Å². The zero-order chi connectivity index (χ0) is 22.4. The summed E-state index contributed by atoms with van der Waals surface area (Å²) in [7, 11) is 2.14. The van der Waals surface area contributed by atoms with Gasteiger partial charge in [0.2, 0.25) is 0 Å². The van der Waals surface area contributed by atoms with E-state index in [9.17, 15) is 0 Å². The molecule has 34 heavy (non-hydrogen) atoms. The van der Waals surface area contributed by atoms with Gasteiger partial charge in [0.05, 0.1) is 16.7 Å². The second-order valence-electron chi connectivity index (χ2n) is 9.10. The molecule has 0 aliphatic carbocycles. The Labute approximate surface area is 196 Å². The first-order valence-electron chi connectivity index (χ1n) is 11.6. The van der Waals surface area contributed by atoms with Gasteiger partial charge in [-0.15, -0.1) is 0 Å². The lowest BCUT2D eigenvalue weighted by Gasteiger charge is -2.20. The van der Waals surface area contributed by atoms with Crippen molar-refractivity contribution in [3.63, 3.8) is 0 Å². The fourth-order valence-electron chi connectivity index (χ4n) is 5.74. The summed E-state index contributed by atoms with van der Waals surface area (Å²) in [6.07, 6.45) is 0. The molecule has 3 heteroatoms. The van der Waals surface area contributed by atoms with Crippen molar-refractivity contribution in [3.05, 3.63) is 103 Å². The van der Waals surface area contributed by atoms with Crippen LogP contribution in [-0.4, -0.2) is 9.13 Å². The van der Waals surface area contributed by atoms with E-state index in [1.165, 1.54) is 49.2 Å². The van der Waals surface area contributed by atoms with Gasteiger partial charge in [0.25, 0.3) is 0 Å². The topological polar surface area (TPSA) is 19.1 Å². The Morgan fingerprint density at radius 2 is 1.24 bits per heavy atom. The van der Waals surface area contributed by atoms with Crippen LogP contribution in [0.4, 0.5) is 0 Å². The Hall–Kier alpha value is -4.50. The van der Waals surface area contributed by atoms with Crippen molar-refractivity contribution in [2.75, 3.05) is 0 Å². The van der Waals surface area contributed by atoms with Gasteiger partial charge < -0.3 is 13.9 Å². The standard InChI is InChI=1S/C31H20N2O/c1-32-25-9-3-2-7-21(25)24-17-19(14-16-26(24)32)20-13-15-22-23-8-6-12-30-31(23)33(28(22)18-20)27-10-4-5-11-29(27)34-30/h2-18H,1H3. The molecule has 0 atom stereocenters. The summed E-state index contributed by atoms with van der Waals surface area (Å²) in [5.74, 6) is 1.80. The van der Waals surface area contributed by atoms with Gasteiger partial charge in [0, 0.05) is 39.6 Å². The van der Waals surface area contributed by atoms with Gasteiger partial charge in [0.1, 0.15) is 0 Å². The quantitative estimate of drug-likeness (QED) is 0.254. The molecular weight excluding hydrogens is 416 g/mol. The molecular formula is C31H20N2O. The molecule has 3 nitrogen and oxygen atoms in total. The zero-order valence-electron chi connectivity index (χ0n) is 18.6. The van der Waals surface area contributed by atoms with Gasteiger partial charge >= 0.3 is 0 Å². The number of rotatable bonds is 1. The molecule has 0 bridgehead atoms. The van der Waals surface area contributed by atoms with Crippen LogP contribution in [0.15, 0.2) is 103 Å². The summed E-state index contributed by atoms with van der Waals surface area (Å²) in [6, 6.07) is 36.9. The average Bonchev–Trinajstić information content (AvgIpc) is 3.38. The number of para-hydroxylation sites is 4. The van der Waals surface area contributed by atoms with Crippen LogP contribution >= 0.6 is 0 Å². The summed E-state index contributed by atoms with van der Waals surface area (Å²) in [5, 5.41) is 5.05. The Kier molecular flexibility index (Phi) is 3.33. The highest BCUT2D eigenvalue weighted by Crippen LogP contribution is 2.45. The van der Waals surface area contributed by atoms with Crippen LogP contribution in [0.3, 0.4) is 0 Å². The molecule has 0 radical (unpaired) electrons. The van der Waals surface area contributed by atoms with E-state index in [1.54, 1.807) is 0 Å². The number of aromatic nitrogens is 2. The van der Waals surface area contributed by atoms with E-state index in [0.29, 0.717) is 0 Å². The molecule has 0 saturated heterocycles. The Morgan fingerprint density at radius 1 is 0.529 bits per heavy atom. The van der Waals surface area contributed by atoms with E-state index in [0.717, 1.165) is 22.7 Å². The number of fused-ring (bicyclic) bond motifs is 8. The van der Waals surface area contributed by atoms with Crippen molar-refractivity contribution in [3.8, 4) is 28.3 Å². The molecule has 3 heterocycles. The minimum Gasteiger partial charge on any atom is -0.453 e. The summed E-state index contributed by atoms with van der Waals surface area (Å²) < 4.78 is 10.9. The van der Waals surface area contributed by atoms with Crippen LogP contribution in [0.2, 0.25) is 0 Å². The van der Waals surface area contributed by atoms with E-state index in [-0.39, 0.29) is 0 Å². The third kappa shape index (κ3) is 2.21. The van der Waals surface area contributed by atoms with E-state index in [4.69, 9.17) is 4.74 Å². The number of ether oxygens (including phenoxy) is 1. The van der Waals surface area contributed by atoms with Gasteiger partial charge in [-0.2, -0.15) is 0 Å². The van der Waals surface area contributed by atoms with Gasteiger partial charge in [-0.3, -0.25) is 0 Å². The van der Waals surface area contributed by atoms with E-state index < -0.39 is 0 Å². The number of hydrogen-bond donors (Lipinski definition) is 0. The molecule has 7 aromatic rings. The molecule has 0 fully saturated rings. The lowest BCUT2D eigenvalue weighted by atomic mass is 10.0. The second-order valence-corrected chi connectivity index (χ2v) is 9.10. The second kappa shape index (κ2) is 6.30. The van der Waals surface area contributed by atoms with Crippen molar-refractivity contribution >= 4 is 43.6 Å². The van der Waals surface area contributed by atoms with Crippen molar-refractivity contribution in [2.24, 2.45) is 7.05 Å². The first-order valence-corrected chi connectivity index (χ1v) is 11.6. The highest BCUT2D eigenvalue weighted by atomic mass is 16.5. The average molecular weight is 437 g/mol. The molecule has 0 amide bonds. The number of hydrogen-bond acceptors (Lipinski definition) is 1. The predicted molar refractivity (Wildman–Crippen MR) is 140 cm³/mol. The molecule has 160 valence electrons. The lowest BCUT2D eigenvalue weighted by Crippen LogP contribution is -2.03. The minimum atomic E-state index is 0.891. The van der Waals surface area contributed by atoms with E-state index >= 15 is 0 Å². The highest BCUT2D eigenvalue weighted by molar-refractivity contribution is 6.13. The molecule has 0 N–H and O–H groups in total. The smallest absolute Gasteiger partial charge is 0.152 e. The largest absolute Gasteiger partial charge is 0.453 e. The third-order valence-electron chi connectivity index (χ3n) is 7.32. The summed E-state index contributed by atoms with van der Waals surface area (Å²) in [4.78, 5) is 0. The van der Waals surface area contributed by atoms with Crippen LogP contribution in [0, 0.1) is 0 Å². The van der Waals surface area contributed by atoms with Gasteiger partial charge in [0.15, 0.2) is 11.5 Å². The Morgan fingerprint density at radius 3 is 2.21 bits per heavy atom. The maximum atomic E-state index is 6.26. The fourth-order valence-corrected chi connectivity index (χ4v) is 5.74. The normalized spacial score (nSPS) is 12.5. The van der Waals surface area contributed by atoms with Crippen molar-refractivity contribution in [1.82, 2.24) is 9.13 Å². The van der Waals surface area contributed by atoms with Crippen LogP contribution in [0.5, 0.6) is 11.5 Å². The third-order valence-corrected chi connectivity index (χ3v) is 7.32. The minimum absolute atomic E-state index is 0.891. The predicted octanol–water partition coefficient (Wildman–Crippen LogP) is 8.20. The van der Waals surface area contributed by atoms with Crippen LogP contribution < -0.4 is 4.74 Å². The lowest BCUT2D eigenvalue weighted by molar-refractivity contribution is 0.476. The summed E-state index contributed by atoms with van der Waals surface area (Å²) in [5.41, 5.74) is 8.38. The highest BCUT2D eigenvalue weighted by Gasteiger charge is 2.23. The molecule has 1 aliphatic rings. The first-order chi connectivity index (χ1) is 16.8. The fraction of sp³-hybridized carbons (Fsp3) is 0.0323. The molecule has 1 aliphatic heterocycles. The number of benzene rings is 5. The maximum Gasteiger partial charge on any atom is 0.152 e.